The van der Waals surface area contributed by atoms with Crippen LogP contribution in [0, 0.1) is 0 Å². The second-order valence-electron chi connectivity index (χ2n) is 2.81. The van der Waals surface area contributed by atoms with Gasteiger partial charge in [-0.2, -0.15) is 0 Å². The molecular weight excluding hydrogens is 164 g/mol. The van der Waals surface area contributed by atoms with Crippen molar-refractivity contribution in [1.29, 1.82) is 0 Å². The van der Waals surface area contributed by atoms with Crippen molar-refractivity contribution in [2.24, 2.45) is 0 Å². The summed E-state index contributed by atoms with van der Waals surface area (Å²) < 4.78 is 4.69. The number of carbonyl (C=O) groups excluding carboxylic acids is 1. The molecule has 0 spiro atoms. The Kier molecular flexibility index (Phi) is 3.02. The van der Waals surface area contributed by atoms with Crippen molar-refractivity contribution in [3.8, 4) is 0 Å². The van der Waals surface area contributed by atoms with Gasteiger partial charge in [-0.05, 0) is 6.42 Å². The van der Waals surface area contributed by atoms with Crippen LogP contribution in [0.1, 0.15) is 12.8 Å². The summed E-state index contributed by atoms with van der Waals surface area (Å²) in [6.45, 7) is -0.533. The van der Waals surface area contributed by atoms with Gasteiger partial charge in [0.25, 0.3) is 0 Å². The van der Waals surface area contributed by atoms with Gasteiger partial charge in [-0.3, -0.25) is 4.79 Å². The first-order valence-corrected chi connectivity index (χ1v) is 3.81. The van der Waals surface area contributed by atoms with Crippen LogP contribution in [0.5, 0.6) is 0 Å². The molecule has 1 saturated heterocycles. The first-order valence-electron chi connectivity index (χ1n) is 3.81. The van der Waals surface area contributed by atoms with Crippen molar-refractivity contribution in [1.82, 2.24) is 0 Å². The van der Waals surface area contributed by atoms with Gasteiger partial charge in [-0.25, -0.2) is 0 Å². The lowest BCUT2D eigenvalue weighted by Crippen LogP contribution is -2.39. The second kappa shape index (κ2) is 3.84. The average Bonchev–Trinajstić information content (AvgIpc) is 2.49. The summed E-state index contributed by atoms with van der Waals surface area (Å²) in [5.74, 6) is -0.371. The van der Waals surface area contributed by atoms with E-state index >= 15 is 0 Å². The Morgan fingerprint density at radius 1 is 1.58 bits per heavy atom. The van der Waals surface area contributed by atoms with Crippen molar-refractivity contribution >= 4 is 5.97 Å². The van der Waals surface area contributed by atoms with Gasteiger partial charge in [0, 0.05) is 6.42 Å². The van der Waals surface area contributed by atoms with Gasteiger partial charge in [0.05, 0.1) is 6.61 Å². The maximum Gasteiger partial charge on any atom is 0.306 e. The van der Waals surface area contributed by atoms with Crippen molar-refractivity contribution in [3.63, 3.8) is 0 Å². The van der Waals surface area contributed by atoms with Crippen LogP contribution in [0.15, 0.2) is 0 Å². The molecule has 1 aliphatic heterocycles. The van der Waals surface area contributed by atoms with E-state index in [1.54, 1.807) is 0 Å². The molecule has 0 aromatic carbocycles. The minimum Gasteiger partial charge on any atom is -0.459 e. The molecule has 0 radical (unpaired) electrons. The largest absolute Gasteiger partial charge is 0.459 e. The molecule has 0 aromatic heterocycles. The first-order chi connectivity index (χ1) is 5.65. The minimum atomic E-state index is -1.24. The topological polar surface area (TPSA) is 87.0 Å². The summed E-state index contributed by atoms with van der Waals surface area (Å²) in [6.07, 6.45) is -2.42. The van der Waals surface area contributed by atoms with Crippen LogP contribution in [0.25, 0.3) is 0 Å². The van der Waals surface area contributed by atoms with Gasteiger partial charge in [0.15, 0.2) is 0 Å². The molecule has 1 aliphatic rings. The Morgan fingerprint density at radius 2 is 2.25 bits per heavy atom. The van der Waals surface area contributed by atoms with Crippen LogP contribution in [0.4, 0.5) is 0 Å². The summed E-state index contributed by atoms with van der Waals surface area (Å²) in [7, 11) is 0. The molecule has 5 nitrogen and oxygen atoms in total. The van der Waals surface area contributed by atoms with E-state index in [1.807, 2.05) is 0 Å². The summed E-state index contributed by atoms with van der Waals surface area (Å²) in [6, 6.07) is 0. The second-order valence-corrected chi connectivity index (χ2v) is 2.81. The molecule has 3 atom stereocenters. The molecule has 12 heavy (non-hydrogen) atoms. The Labute approximate surface area is 69.6 Å². The molecule has 0 amide bonds. The number of hydrogen-bond acceptors (Lipinski definition) is 5. The molecule has 70 valence electrons. The number of aliphatic hydroxyl groups is 3. The van der Waals surface area contributed by atoms with E-state index in [1.165, 1.54) is 0 Å². The van der Waals surface area contributed by atoms with Gasteiger partial charge in [0.1, 0.15) is 18.3 Å². The Bertz CT molecular complexity index is 169. The number of carbonyl (C=O) groups is 1. The van der Waals surface area contributed by atoms with Crippen molar-refractivity contribution in [2.75, 3.05) is 6.61 Å². The zero-order chi connectivity index (χ0) is 9.14. The van der Waals surface area contributed by atoms with E-state index < -0.39 is 24.9 Å². The molecular formula is C7H12O5. The third-order valence-electron chi connectivity index (χ3n) is 1.88. The third-order valence-corrected chi connectivity index (χ3v) is 1.88. The summed E-state index contributed by atoms with van der Waals surface area (Å²) in [5, 5.41) is 26.7. The SMILES string of the molecule is O=C1CC[C@H]([C@@H](O)[C@H](O)CO)O1. The van der Waals surface area contributed by atoms with E-state index in [-0.39, 0.29) is 12.4 Å². The molecule has 0 aromatic rings. The third kappa shape index (κ3) is 1.94. The number of ether oxygens (including phenoxy) is 1. The van der Waals surface area contributed by atoms with Crippen LogP contribution in [0.3, 0.4) is 0 Å². The van der Waals surface area contributed by atoms with Gasteiger partial charge in [-0.1, -0.05) is 0 Å². The highest BCUT2D eigenvalue weighted by Gasteiger charge is 2.33. The molecule has 0 saturated carbocycles. The fourth-order valence-electron chi connectivity index (χ4n) is 1.14. The molecule has 0 unspecified atom stereocenters. The van der Waals surface area contributed by atoms with Gasteiger partial charge < -0.3 is 20.1 Å². The molecule has 1 heterocycles. The fourth-order valence-corrected chi connectivity index (χ4v) is 1.14. The van der Waals surface area contributed by atoms with E-state index in [9.17, 15) is 9.90 Å². The zero-order valence-corrected chi connectivity index (χ0v) is 6.51. The van der Waals surface area contributed by atoms with E-state index in [0.29, 0.717) is 6.42 Å². The van der Waals surface area contributed by atoms with Crippen LogP contribution in [-0.4, -0.2) is 46.2 Å². The monoisotopic (exact) mass is 176 g/mol. The van der Waals surface area contributed by atoms with E-state index in [0.717, 1.165) is 0 Å². The Morgan fingerprint density at radius 3 is 2.67 bits per heavy atom. The number of aliphatic hydroxyl groups excluding tert-OH is 3. The van der Waals surface area contributed by atoms with Crippen molar-refractivity contribution < 1.29 is 24.9 Å². The molecule has 1 rings (SSSR count). The Hall–Kier alpha value is -0.650. The van der Waals surface area contributed by atoms with Crippen molar-refractivity contribution in [3.05, 3.63) is 0 Å². The molecule has 3 N–H and O–H groups in total. The normalized spacial score (nSPS) is 28.2. The van der Waals surface area contributed by atoms with E-state index in [2.05, 4.69) is 4.74 Å². The zero-order valence-electron chi connectivity index (χ0n) is 6.51. The highest BCUT2D eigenvalue weighted by Crippen LogP contribution is 2.18. The highest BCUT2D eigenvalue weighted by atomic mass is 16.6. The van der Waals surface area contributed by atoms with Gasteiger partial charge in [0.2, 0.25) is 0 Å². The Balaban J connectivity index is 2.42. The lowest BCUT2D eigenvalue weighted by atomic mass is 10.1. The fraction of sp³-hybridized carbons (Fsp3) is 0.857. The maximum absolute atomic E-state index is 10.6. The predicted octanol–water partition coefficient (Wildman–Crippen LogP) is -1.59. The standard InChI is InChI=1S/C7H12O5/c8-3-4(9)7(11)5-1-2-6(10)12-5/h4-5,7-9,11H,1-3H2/t4-,5-,7+/m1/s1. The predicted molar refractivity (Wildman–Crippen MR) is 38.2 cm³/mol. The molecule has 0 bridgehead atoms. The van der Waals surface area contributed by atoms with Gasteiger partial charge >= 0.3 is 5.97 Å². The first kappa shape index (κ1) is 9.44. The van der Waals surface area contributed by atoms with Crippen LogP contribution in [-0.2, 0) is 9.53 Å². The maximum atomic E-state index is 10.6. The average molecular weight is 176 g/mol. The quantitative estimate of drug-likeness (QED) is 0.451. The summed E-state index contributed by atoms with van der Waals surface area (Å²) >= 11 is 0. The molecule has 5 heteroatoms. The lowest BCUT2D eigenvalue weighted by Gasteiger charge is -2.20. The lowest BCUT2D eigenvalue weighted by molar-refractivity contribution is -0.149. The highest BCUT2D eigenvalue weighted by molar-refractivity contribution is 5.71. The number of hydrogen-bond donors (Lipinski definition) is 3. The summed E-state index contributed by atoms with van der Waals surface area (Å²) in [4.78, 5) is 10.6. The number of cyclic esters (lactones) is 1. The van der Waals surface area contributed by atoms with E-state index in [4.69, 9.17) is 10.2 Å². The molecule has 1 fully saturated rings. The minimum absolute atomic E-state index is 0.264. The van der Waals surface area contributed by atoms with Crippen LogP contribution < -0.4 is 0 Å². The van der Waals surface area contributed by atoms with Crippen LogP contribution in [0.2, 0.25) is 0 Å². The number of esters is 1. The number of rotatable bonds is 3. The van der Waals surface area contributed by atoms with Crippen LogP contribution >= 0.6 is 0 Å². The smallest absolute Gasteiger partial charge is 0.306 e. The van der Waals surface area contributed by atoms with Gasteiger partial charge in [-0.15, -0.1) is 0 Å². The van der Waals surface area contributed by atoms with Crippen molar-refractivity contribution in [2.45, 2.75) is 31.2 Å². The molecule has 0 aliphatic carbocycles. The summed E-state index contributed by atoms with van der Waals surface area (Å²) in [5.41, 5.74) is 0.